The van der Waals surface area contributed by atoms with Gasteiger partial charge in [-0.15, -0.1) is 0 Å². The maximum atomic E-state index is 10.7. The lowest BCUT2D eigenvalue weighted by Crippen LogP contribution is -1.87. The number of carbonyl (C=O) groups is 1. The molecular weight excluding hydrogens is 162 g/mol. The molecule has 0 aliphatic carbocycles. The van der Waals surface area contributed by atoms with Crippen LogP contribution in [0.5, 0.6) is 0 Å². The first-order valence-corrected chi connectivity index (χ1v) is 4.13. The maximum absolute atomic E-state index is 10.7. The molecule has 0 bridgehead atoms. The Kier molecular flexibility index (Phi) is 1.81. The summed E-state index contributed by atoms with van der Waals surface area (Å²) in [6, 6.07) is 9.40. The molecule has 0 aliphatic heterocycles. The number of aromatic nitrogens is 1. The molecule has 1 aromatic heterocycles. The molecule has 0 saturated heterocycles. The number of fused-ring (bicyclic) bond motifs is 1. The summed E-state index contributed by atoms with van der Waals surface area (Å²) in [5, 5.41) is 0.920. The van der Waals surface area contributed by atoms with E-state index >= 15 is 0 Å². The van der Waals surface area contributed by atoms with Crippen LogP contribution in [-0.4, -0.2) is 11.3 Å². The molecule has 0 radical (unpaired) electrons. The van der Waals surface area contributed by atoms with Crippen LogP contribution < -0.4 is 0 Å². The van der Waals surface area contributed by atoms with Crippen molar-refractivity contribution >= 4 is 17.2 Å². The topological polar surface area (TPSA) is 30.0 Å². The van der Waals surface area contributed by atoms with Crippen LogP contribution in [0.15, 0.2) is 30.3 Å². The zero-order chi connectivity index (χ0) is 9.26. The van der Waals surface area contributed by atoms with Gasteiger partial charge in [-0.3, -0.25) is 9.78 Å². The van der Waals surface area contributed by atoms with Crippen molar-refractivity contribution in [2.75, 3.05) is 0 Å². The first kappa shape index (κ1) is 7.92. The third-order valence-electron chi connectivity index (χ3n) is 2.03. The number of carbonyl (C=O) groups excluding carboxylic acids is 1. The number of aldehydes is 1. The zero-order valence-corrected chi connectivity index (χ0v) is 7.32. The van der Waals surface area contributed by atoms with Gasteiger partial charge in [-0.05, 0) is 19.1 Å². The third-order valence-corrected chi connectivity index (χ3v) is 2.03. The lowest BCUT2D eigenvalue weighted by Gasteiger charge is -2.00. The predicted octanol–water partition coefficient (Wildman–Crippen LogP) is 2.36. The Morgan fingerprint density at radius 1 is 1.23 bits per heavy atom. The summed E-state index contributed by atoms with van der Waals surface area (Å²) in [5.74, 6) is 0. The largest absolute Gasteiger partial charge is 0.298 e. The SMILES string of the molecule is Cc1ccc2c(C=O)cccc2n1. The summed E-state index contributed by atoms with van der Waals surface area (Å²) in [6.07, 6.45) is 0.860. The van der Waals surface area contributed by atoms with Gasteiger partial charge >= 0.3 is 0 Å². The van der Waals surface area contributed by atoms with Crippen LogP contribution in [-0.2, 0) is 0 Å². The van der Waals surface area contributed by atoms with Crippen molar-refractivity contribution in [3.63, 3.8) is 0 Å². The van der Waals surface area contributed by atoms with Gasteiger partial charge in [0.25, 0.3) is 0 Å². The van der Waals surface area contributed by atoms with E-state index in [9.17, 15) is 4.79 Å². The summed E-state index contributed by atoms with van der Waals surface area (Å²) >= 11 is 0. The van der Waals surface area contributed by atoms with Crippen molar-refractivity contribution < 1.29 is 4.79 Å². The molecular formula is C11H9NO. The Balaban J connectivity index is 2.84. The van der Waals surface area contributed by atoms with Crippen LogP contribution in [0, 0.1) is 6.92 Å². The van der Waals surface area contributed by atoms with E-state index in [1.165, 1.54) is 0 Å². The Labute approximate surface area is 76.2 Å². The second-order valence-electron chi connectivity index (χ2n) is 2.98. The highest BCUT2D eigenvalue weighted by Crippen LogP contribution is 2.15. The third kappa shape index (κ3) is 1.31. The highest BCUT2D eigenvalue weighted by Gasteiger charge is 1.99. The molecule has 0 spiro atoms. The molecule has 0 N–H and O–H groups in total. The minimum Gasteiger partial charge on any atom is -0.298 e. The summed E-state index contributed by atoms with van der Waals surface area (Å²) in [5.41, 5.74) is 2.55. The van der Waals surface area contributed by atoms with E-state index in [1.54, 1.807) is 6.07 Å². The Morgan fingerprint density at radius 2 is 2.08 bits per heavy atom. The standard InChI is InChI=1S/C11H9NO/c1-8-5-6-10-9(7-13)3-2-4-11(10)12-8/h2-7H,1H3. The highest BCUT2D eigenvalue weighted by atomic mass is 16.1. The number of hydrogen-bond donors (Lipinski definition) is 0. The van der Waals surface area contributed by atoms with E-state index in [2.05, 4.69) is 4.98 Å². The van der Waals surface area contributed by atoms with Crippen molar-refractivity contribution in [1.82, 2.24) is 4.98 Å². The first-order chi connectivity index (χ1) is 6.31. The smallest absolute Gasteiger partial charge is 0.150 e. The molecule has 13 heavy (non-hydrogen) atoms. The molecule has 64 valence electrons. The summed E-state index contributed by atoms with van der Waals surface area (Å²) in [6.45, 7) is 1.94. The predicted molar refractivity (Wildman–Crippen MR) is 51.9 cm³/mol. The molecule has 0 amide bonds. The lowest BCUT2D eigenvalue weighted by molar-refractivity contribution is 0.112. The van der Waals surface area contributed by atoms with E-state index in [1.807, 2.05) is 31.2 Å². The van der Waals surface area contributed by atoms with Gasteiger partial charge in [-0.2, -0.15) is 0 Å². The molecule has 2 nitrogen and oxygen atoms in total. The van der Waals surface area contributed by atoms with E-state index in [0.717, 1.165) is 22.9 Å². The van der Waals surface area contributed by atoms with Crippen LogP contribution in [0.4, 0.5) is 0 Å². The number of benzene rings is 1. The highest BCUT2D eigenvalue weighted by molar-refractivity contribution is 5.96. The van der Waals surface area contributed by atoms with Crippen molar-refractivity contribution in [3.8, 4) is 0 Å². The molecule has 0 atom stereocenters. The van der Waals surface area contributed by atoms with E-state index < -0.39 is 0 Å². The minimum atomic E-state index is 0.699. The minimum absolute atomic E-state index is 0.699. The summed E-state index contributed by atoms with van der Waals surface area (Å²) < 4.78 is 0. The van der Waals surface area contributed by atoms with Gasteiger partial charge in [-0.1, -0.05) is 18.2 Å². The van der Waals surface area contributed by atoms with Gasteiger partial charge < -0.3 is 0 Å². The summed E-state index contributed by atoms with van der Waals surface area (Å²) in [7, 11) is 0. The van der Waals surface area contributed by atoms with Crippen LogP contribution in [0.25, 0.3) is 10.9 Å². The number of pyridine rings is 1. The molecule has 2 rings (SSSR count). The Morgan fingerprint density at radius 3 is 2.85 bits per heavy atom. The molecule has 2 heteroatoms. The van der Waals surface area contributed by atoms with Gasteiger partial charge in [0.1, 0.15) is 0 Å². The van der Waals surface area contributed by atoms with Crippen LogP contribution in [0.2, 0.25) is 0 Å². The maximum Gasteiger partial charge on any atom is 0.150 e. The van der Waals surface area contributed by atoms with Crippen LogP contribution in [0.1, 0.15) is 16.1 Å². The fraction of sp³-hybridized carbons (Fsp3) is 0.0909. The average molecular weight is 171 g/mol. The zero-order valence-electron chi connectivity index (χ0n) is 7.32. The molecule has 0 saturated carbocycles. The average Bonchev–Trinajstić information content (AvgIpc) is 2.16. The number of rotatable bonds is 1. The Hall–Kier alpha value is -1.70. The fourth-order valence-corrected chi connectivity index (χ4v) is 1.38. The van der Waals surface area contributed by atoms with E-state index in [0.29, 0.717) is 5.56 Å². The van der Waals surface area contributed by atoms with Crippen LogP contribution in [0.3, 0.4) is 0 Å². The van der Waals surface area contributed by atoms with Gasteiger partial charge in [0.15, 0.2) is 6.29 Å². The van der Waals surface area contributed by atoms with Crippen molar-refractivity contribution in [2.24, 2.45) is 0 Å². The van der Waals surface area contributed by atoms with Gasteiger partial charge in [0.2, 0.25) is 0 Å². The molecule has 0 aliphatic rings. The molecule has 0 unspecified atom stereocenters. The van der Waals surface area contributed by atoms with Gasteiger partial charge in [0.05, 0.1) is 5.52 Å². The molecule has 1 aromatic carbocycles. The molecule has 0 fully saturated rings. The quantitative estimate of drug-likeness (QED) is 0.616. The number of hydrogen-bond acceptors (Lipinski definition) is 2. The van der Waals surface area contributed by atoms with Gasteiger partial charge in [-0.25, -0.2) is 0 Å². The lowest BCUT2D eigenvalue weighted by atomic mass is 10.1. The van der Waals surface area contributed by atoms with Crippen molar-refractivity contribution in [2.45, 2.75) is 6.92 Å². The van der Waals surface area contributed by atoms with Crippen molar-refractivity contribution in [1.29, 1.82) is 0 Å². The van der Waals surface area contributed by atoms with Crippen molar-refractivity contribution in [3.05, 3.63) is 41.6 Å². The monoisotopic (exact) mass is 171 g/mol. The normalized spacial score (nSPS) is 10.2. The number of aryl methyl sites for hydroxylation is 1. The molecule has 2 aromatic rings. The second kappa shape index (κ2) is 2.98. The summed E-state index contributed by atoms with van der Waals surface area (Å²) in [4.78, 5) is 15.0. The fourth-order valence-electron chi connectivity index (χ4n) is 1.38. The first-order valence-electron chi connectivity index (χ1n) is 4.13. The van der Waals surface area contributed by atoms with Gasteiger partial charge in [0, 0.05) is 16.6 Å². The second-order valence-corrected chi connectivity index (χ2v) is 2.98. The Bertz CT molecular complexity index is 463. The van der Waals surface area contributed by atoms with E-state index in [4.69, 9.17) is 0 Å². The number of nitrogens with zero attached hydrogens (tertiary/aromatic N) is 1. The van der Waals surface area contributed by atoms with Crippen LogP contribution >= 0.6 is 0 Å². The van der Waals surface area contributed by atoms with E-state index in [-0.39, 0.29) is 0 Å². The molecule has 1 heterocycles.